The second-order valence-corrected chi connectivity index (χ2v) is 7.70. The van der Waals surface area contributed by atoms with Crippen molar-refractivity contribution in [3.05, 3.63) is 11.5 Å². The van der Waals surface area contributed by atoms with Gasteiger partial charge < -0.3 is 20.6 Å². The first-order valence-electron chi connectivity index (χ1n) is 11.0. The summed E-state index contributed by atoms with van der Waals surface area (Å²) in [5.74, 6) is -3.59. The Kier molecular flexibility index (Phi) is 10.7. The summed E-state index contributed by atoms with van der Waals surface area (Å²) in [5, 5.41) is 33.0. The molecule has 0 aromatic rings. The van der Waals surface area contributed by atoms with Crippen molar-refractivity contribution in [3.8, 4) is 0 Å². The van der Waals surface area contributed by atoms with Gasteiger partial charge in [0.05, 0.1) is 0 Å². The van der Waals surface area contributed by atoms with Crippen molar-refractivity contribution in [3.63, 3.8) is 0 Å². The zero-order valence-electron chi connectivity index (χ0n) is 18.6. The molecule has 4 N–H and O–H groups in total. The van der Waals surface area contributed by atoms with Gasteiger partial charge >= 0.3 is 5.97 Å². The van der Waals surface area contributed by atoms with Crippen LogP contribution in [0, 0.1) is 0 Å². The Bertz CT molecular complexity index is 624. The number of aliphatic hydroxyl groups excluding tert-OH is 2. The Hall–Kier alpha value is -2.29. The zero-order chi connectivity index (χ0) is 22.8. The predicted octanol–water partition coefficient (Wildman–Crippen LogP) is 2.31. The number of nitrogens with one attached hydrogen (secondary N) is 1. The summed E-state index contributed by atoms with van der Waals surface area (Å²) < 4.78 is 0. The standard InChI is InChI=1S/C21H37N3O6/c1-5-9-14(10-6-2)23-19(28)17(18(27)22-13-16(25)26)20(29)24(21(23)30)15(11-7-3)12-8-4/h14-15,21,28,30H,5-13H2,1-4H3,(H,22,27)(H,25,26). The molecule has 1 aliphatic rings. The molecule has 1 heterocycles. The molecule has 1 unspecified atom stereocenters. The first-order chi connectivity index (χ1) is 14.2. The first-order valence-corrected chi connectivity index (χ1v) is 11.0. The van der Waals surface area contributed by atoms with E-state index >= 15 is 0 Å². The highest BCUT2D eigenvalue weighted by Gasteiger charge is 2.46. The van der Waals surface area contributed by atoms with E-state index in [9.17, 15) is 24.6 Å². The van der Waals surface area contributed by atoms with Gasteiger partial charge in [-0.15, -0.1) is 0 Å². The molecule has 1 rings (SSSR count). The van der Waals surface area contributed by atoms with Crippen LogP contribution in [0.3, 0.4) is 0 Å². The van der Waals surface area contributed by atoms with Crippen LogP contribution in [0.2, 0.25) is 0 Å². The maximum atomic E-state index is 13.2. The predicted molar refractivity (Wildman–Crippen MR) is 112 cm³/mol. The van der Waals surface area contributed by atoms with Gasteiger partial charge in [-0.1, -0.05) is 53.4 Å². The lowest BCUT2D eigenvalue weighted by Crippen LogP contribution is -2.62. The number of carboxylic acid groups (broad SMARTS) is 1. The fourth-order valence-corrected chi connectivity index (χ4v) is 4.04. The van der Waals surface area contributed by atoms with Crippen molar-refractivity contribution in [2.24, 2.45) is 0 Å². The van der Waals surface area contributed by atoms with E-state index in [-0.39, 0.29) is 12.1 Å². The van der Waals surface area contributed by atoms with E-state index in [1.54, 1.807) is 0 Å². The van der Waals surface area contributed by atoms with Crippen LogP contribution in [0.4, 0.5) is 0 Å². The Morgan fingerprint density at radius 1 is 0.933 bits per heavy atom. The number of carbonyl (C=O) groups is 3. The zero-order valence-corrected chi connectivity index (χ0v) is 18.6. The summed E-state index contributed by atoms with van der Waals surface area (Å²) in [7, 11) is 0. The summed E-state index contributed by atoms with van der Waals surface area (Å²) >= 11 is 0. The average Bonchev–Trinajstić information content (AvgIpc) is 2.67. The highest BCUT2D eigenvalue weighted by molar-refractivity contribution is 6.19. The van der Waals surface area contributed by atoms with Crippen LogP contribution in [0.1, 0.15) is 79.1 Å². The second-order valence-electron chi connectivity index (χ2n) is 7.70. The molecule has 0 spiro atoms. The van der Waals surface area contributed by atoms with E-state index in [1.807, 2.05) is 27.7 Å². The molecule has 0 aromatic carbocycles. The molecule has 172 valence electrons. The number of nitrogens with zero attached hydrogens (tertiary/aromatic N) is 2. The molecule has 0 bridgehead atoms. The molecule has 9 nitrogen and oxygen atoms in total. The maximum absolute atomic E-state index is 13.2. The van der Waals surface area contributed by atoms with Gasteiger partial charge in [-0.25, -0.2) is 0 Å². The Balaban J connectivity index is 3.49. The molecule has 0 saturated heterocycles. The smallest absolute Gasteiger partial charge is 0.322 e. The fourth-order valence-electron chi connectivity index (χ4n) is 4.04. The van der Waals surface area contributed by atoms with Crippen LogP contribution in [-0.4, -0.2) is 67.9 Å². The summed E-state index contributed by atoms with van der Waals surface area (Å²) in [6.45, 7) is 7.25. The second kappa shape index (κ2) is 12.4. The Morgan fingerprint density at radius 2 is 1.37 bits per heavy atom. The average molecular weight is 428 g/mol. The van der Waals surface area contributed by atoms with E-state index in [0.717, 1.165) is 25.7 Å². The third kappa shape index (κ3) is 6.10. The molecule has 0 saturated carbocycles. The van der Waals surface area contributed by atoms with Crippen molar-refractivity contribution in [1.29, 1.82) is 0 Å². The molecule has 1 aliphatic heterocycles. The topological polar surface area (TPSA) is 130 Å². The monoisotopic (exact) mass is 427 g/mol. The van der Waals surface area contributed by atoms with E-state index in [4.69, 9.17) is 5.11 Å². The third-order valence-corrected chi connectivity index (χ3v) is 5.32. The van der Waals surface area contributed by atoms with E-state index in [2.05, 4.69) is 5.32 Å². The Labute approximate surface area is 178 Å². The van der Waals surface area contributed by atoms with E-state index < -0.39 is 42.1 Å². The lowest BCUT2D eigenvalue weighted by molar-refractivity contribution is -0.179. The largest absolute Gasteiger partial charge is 0.494 e. The fraction of sp³-hybridized carbons (Fsp3) is 0.762. The van der Waals surface area contributed by atoms with Crippen LogP contribution in [-0.2, 0) is 14.4 Å². The number of rotatable bonds is 13. The molecule has 0 aromatic heterocycles. The van der Waals surface area contributed by atoms with Crippen molar-refractivity contribution < 1.29 is 29.7 Å². The lowest BCUT2D eigenvalue weighted by atomic mass is 9.99. The quantitative estimate of drug-likeness (QED) is 0.332. The minimum absolute atomic E-state index is 0.267. The number of carboxylic acids is 1. The summed E-state index contributed by atoms with van der Waals surface area (Å²) in [5.41, 5.74) is -0.518. The molecule has 30 heavy (non-hydrogen) atoms. The molecule has 0 aliphatic carbocycles. The van der Waals surface area contributed by atoms with Crippen molar-refractivity contribution in [2.75, 3.05) is 6.54 Å². The molecular weight excluding hydrogens is 390 g/mol. The molecule has 0 radical (unpaired) electrons. The highest BCUT2D eigenvalue weighted by atomic mass is 16.4. The van der Waals surface area contributed by atoms with Crippen LogP contribution < -0.4 is 5.32 Å². The van der Waals surface area contributed by atoms with Gasteiger partial charge in [-0.2, -0.15) is 0 Å². The van der Waals surface area contributed by atoms with Crippen molar-refractivity contribution in [1.82, 2.24) is 15.1 Å². The SMILES string of the molecule is CCCC(CCC)N1C(=O)C(C(=O)NCC(=O)O)=C(O)N(C(CCC)CCC)C1O. The van der Waals surface area contributed by atoms with Gasteiger partial charge in [0, 0.05) is 12.1 Å². The highest BCUT2D eigenvalue weighted by Crippen LogP contribution is 2.32. The van der Waals surface area contributed by atoms with Gasteiger partial charge in [-0.3, -0.25) is 24.2 Å². The normalized spacial score (nSPS) is 17.3. The van der Waals surface area contributed by atoms with Crippen LogP contribution in [0.25, 0.3) is 0 Å². The van der Waals surface area contributed by atoms with Gasteiger partial charge in [-0.05, 0) is 25.7 Å². The summed E-state index contributed by atoms with van der Waals surface area (Å²) in [6.07, 6.45) is 4.37. The molecule has 0 fully saturated rings. The summed E-state index contributed by atoms with van der Waals surface area (Å²) in [4.78, 5) is 39.3. The lowest BCUT2D eigenvalue weighted by Gasteiger charge is -2.47. The Morgan fingerprint density at radius 3 is 1.77 bits per heavy atom. The number of amides is 2. The number of carbonyl (C=O) groups excluding carboxylic acids is 2. The van der Waals surface area contributed by atoms with Gasteiger partial charge in [0.15, 0.2) is 5.57 Å². The first kappa shape index (κ1) is 25.7. The van der Waals surface area contributed by atoms with Crippen molar-refractivity contribution in [2.45, 2.75) is 97.5 Å². The van der Waals surface area contributed by atoms with Crippen molar-refractivity contribution >= 4 is 17.8 Å². The van der Waals surface area contributed by atoms with Gasteiger partial charge in [0.25, 0.3) is 11.8 Å². The van der Waals surface area contributed by atoms with Gasteiger partial charge in [0.1, 0.15) is 6.54 Å². The number of hydrogen-bond acceptors (Lipinski definition) is 6. The number of aliphatic carboxylic acids is 1. The maximum Gasteiger partial charge on any atom is 0.322 e. The third-order valence-electron chi connectivity index (χ3n) is 5.32. The van der Waals surface area contributed by atoms with E-state index in [0.29, 0.717) is 25.7 Å². The van der Waals surface area contributed by atoms with E-state index in [1.165, 1.54) is 9.80 Å². The van der Waals surface area contributed by atoms with Crippen LogP contribution in [0.15, 0.2) is 11.5 Å². The minimum Gasteiger partial charge on any atom is -0.494 e. The minimum atomic E-state index is -1.39. The summed E-state index contributed by atoms with van der Waals surface area (Å²) in [6, 6.07) is -0.568. The number of aliphatic hydroxyl groups is 2. The molecular formula is C21H37N3O6. The molecule has 2 amide bonds. The number of hydrogen-bond donors (Lipinski definition) is 4. The van der Waals surface area contributed by atoms with Crippen LogP contribution in [0.5, 0.6) is 0 Å². The molecule has 9 heteroatoms. The van der Waals surface area contributed by atoms with Crippen LogP contribution >= 0.6 is 0 Å². The molecule has 1 atom stereocenters. The van der Waals surface area contributed by atoms with Gasteiger partial charge in [0.2, 0.25) is 12.2 Å².